The SMILES string of the molecule is CC(=O)O[C@@H]1c2occ(C)c2[C@H]2C=C(CC[C@H]3O[C@@]13C)C(=O)O2. The van der Waals surface area contributed by atoms with Crippen molar-refractivity contribution in [1.29, 1.82) is 0 Å². The molecule has 23 heavy (non-hydrogen) atoms. The molecule has 0 radical (unpaired) electrons. The molecule has 1 aromatic heterocycles. The number of rotatable bonds is 1. The average Bonchev–Trinajstić information content (AvgIpc) is 2.80. The van der Waals surface area contributed by atoms with Gasteiger partial charge < -0.3 is 18.6 Å². The maximum Gasteiger partial charge on any atom is 0.334 e. The Morgan fingerprint density at radius 2 is 2.22 bits per heavy atom. The van der Waals surface area contributed by atoms with E-state index in [1.807, 2.05) is 19.9 Å². The highest BCUT2D eigenvalue weighted by Gasteiger charge is 2.61. The largest absolute Gasteiger partial charge is 0.465 e. The van der Waals surface area contributed by atoms with E-state index in [9.17, 15) is 9.59 Å². The van der Waals surface area contributed by atoms with Crippen LogP contribution in [0.3, 0.4) is 0 Å². The second-order valence-electron chi connectivity index (χ2n) is 6.53. The van der Waals surface area contributed by atoms with Gasteiger partial charge in [-0.15, -0.1) is 0 Å². The molecule has 1 saturated heterocycles. The first-order valence-corrected chi connectivity index (χ1v) is 7.74. The minimum atomic E-state index is -0.650. The third kappa shape index (κ3) is 2.12. The lowest BCUT2D eigenvalue weighted by atomic mass is 9.89. The zero-order valence-corrected chi connectivity index (χ0v) is 13.3. The number of carbonyl (C=O) groups is 2. The molecule has 1 aliphatic carbocycles. The topological polar surface area (TPSA) is 78.3 Å². The van der Waals surface area contributed by atoms with Crippen LogP contribution in [0.25, 0.3) is 0 Å². The molecule has 122 valence electrons. The standard InChI is InChI=1S/C17H18O6/c1-8-7-20-14-13(8)11-6-10(16(19)22-11)4-5-12-17(3,23-12)15(14)21-9(2)18/h6-7,11-12,15H,4-5H2,1-3H3/t11-,12-,15-,17-/m1/s1. The fraction of sp³-hybridized carbons (Fsp3) is 0.529. The second kappa shape index (κ2) is 4.71. The van der Waals surface area contributed by atoms with Gasteiger partial charge in [-0.3, -0.25) is 4.79 Å². The minimum absolute atomic E-state index is 0.0871. The van der Waals surface area contributed by atoms with E-state index in [-0.39, 0.29) is 12.1 Å². The highest BCUT2D eigenvalue weighted by Crippen LogP contribution is 2.53. The smallest absolute Gasteiger partial charge is 0.334 e. The van der Waals surface area contributed by atoms with E-state index >= 15 is 0 Å². The molecule has 0 aromatic carbocycles. The van der Waals surface area contributed by atoms with Crippen molar-refractivity contribution in [3.8, 4) is 0 Å². The molecule has 4 atom stereocenters. The van der Waals surface area contributed by atoms with Gasteiger partial charge >= 0.3 is 11.9 Å². The zero-order valence-electron chi connectivity index (χ0n) is 13.3. The summed E-state index contributed by atoms with van der Waals surface area (Å²) in [5.74, 6) is -0.197. The number of epoxide rings is 1. The Morgan fingerprint density at radius 3 is 2.96 bits per heavy atom. The van der Waals surface area contributed by atoms with Crippen LogP contribution in [0.5, 0.6) is 0 Å². The van der Waals surface area contributed by atoms with Gasteiger partial charge in [-0.05, 0) is 38.3 Å². The number of ether oxygens (including phenoxy) is 3. The molecule has 3 aliphatic rings. The molecule has 6 heteroatoms. The molecule has 1 fully saturated rings. The predicted molar refractivity (Wildman–Crippen MR) is 77.4 cm³/mol. The Kier molecular flexibility index (Phi) is 2.97. The first-order chi connectivity index (χ1) is 10.9. The third-order valence-electron chi connectivity index (χ3n) is 4.88. The van der Waals surface area contributed by atoms with Gasteiger partial charge in [0.2, 0.25) is 0 Å². The summed E-state index contributed by atoms with van der Waals surface area (Å²) < 4.78 is 22.6. The molecular formula is C17H18O6. The van der Waals surface area contributed by atoms with E-state index in [0.717, 1.165) is 11.1 Å². The van der Waals surface area contributed by atoms with Gasteiger partial charge in [-0.2, -0.15) is 0 Å². The van der Waals surface area contributed by atoms with Crippen molar-refractivity contribution < 1.29 is 28.2 Å². The number of hydrogen-bond donors (Lipinski definition) is 0. The van der Waals surface area contributed by atoms with Gasteiger partial charge in [-0.25, -0.2) is 4.79 Å². The maximum absolute atomic E-state index is 12.0. The van der Waals surface area contributed by atoms with Crippen LogP contribution >= 0.6 is 0 Å². The van der Waals surface area contributed by atoms with Crippen molar-refractivity contribution in [2.24, 2.45) is 0 Å². The molecule has 2 aliphatic heterocycles. The van der Waals surface area contributed by atoms with Crippen molar-refractivity contribution in [1.82, 2.24) is 0 Å². The summed E-state index contributed by atoms with van der Waals surface area (Å²) >= 11 is 0. The summed E-state index contributed by atoms with van der Waals surface area (Å²) in [5, 5.41) is 0. The van der Waals surface area contributed by atoms with Crippen LogP contribution in [0, 0.1) is 6.92 Å². The van der Waals surface area contributed by atoms with Crippen LogP contribution in [0.2, 0.25) is 0 Å². The number of furan rings is 1. The lowest BCUT2D eigenvalue weighted by Crippen LogP contribution is -2.27. The van der Waals surface area contributed by atoms with Gasteiger partial charge in [0.25, 0.3) is 0 Å². The van der Waals surface area contributed by atoms with Crippen LogP contribution in [0.15, 0.2) is 22.3 Å². The van der Waals surface area contributed by atoms with Gasteiger partial charge in [-0.1, -0.05) is 0 Å². The fourth-order valence-electron chi connectivity index (χ4n) is 3.58. The Labute approximate surface area is 133 Å². The predicted octanol–water partition coefficient (Wildman–Crippen LogP) is 2.67. The molecule has 0 amide bonds. The number of esters is 2. The summed E-state index contributed by atoms with van der Waals surface area (Å²) in [4.78, 5) is 23.6. The van der Waals surface area contributed by atoms with Crippen molar-refractivity contribution in [3.63, 3.8) is 0 Å². The molecule has 0 spiro atoms. The number of fused-ring (bicyclic) bond motifs is 4. The maximum atomic E-state index is 12.0. The first kappa shape index (κ1) is 14.5. The first-order valence-electron chi connectivity index (χ1n) is 7.74. The van der Waals surface area contributed by atoms with E-state index in [1.54, 1.807) is 6.26 Å². The van der Waals surface area contributed by atoms with E-state index < -0.39 is 23.8 Å². The summed E-state index contributed by atoms with van der Waals surface area (Å²) in [6.07, 6.45) is 3.46. The van der Waals surface area contributed by atoms with Crippen molar-refractivity contribution in [2.75, 3.05) is 0 Å². The number of carbonyl (C=O) groups excluding carboxylic acids is 2. The van der Waals surface area contributed by atoms with E-state index in [0.29, 0.717) is 24.2 Å². The quantitative estimate of drug-likeness (QED) is 0.585. The summed E-state index contributed by atoms with van der Waals surface area (Å²) in [6.45, 7) is 5.16. The van der Waals surface area contributed by atoms with Gasteiger partial charge in [0.05, 0.1) is 12.4 Å². The lowest BCUT2D eigenvalue weighted by Gasteiger charge is -2.22. The highest BCUT2D eigenvalue weighted by molar-refractivity contribution is 5.91. The lowest BCUT2D eigenvalue weighted by molar-refractivity contribution is -0.151. The summed E-state index contributed by atoms with van der Waals surface area (Å²) in [6, 6.07) is 0. The molecule has 2 bridgehead atoms. The third-order valence-corrected chi connectivity index (χ3v) is 4.88. The van der Waals surface area contributed by atoms with Gasteiger partial charge in [0.15, 0.2) is 18.0 Å². The molecule has 3 heterocycles. The molecule has 0 unspecified atom stereocenters. The Hall–Kier alpha value is -2.08. The zero-order chi connectivity index (χ0) is 16.4. The van der Waals surface area contributed by atoms with Crippen LogP contribution in [-0.4, -0.2) is 23.6 Å². The minimum Gasteiger partial charge on any atom is -0.465 e. The molecule has 6 nitrogen and oxygen atoms in total. The normalized spacial score (nSPS) is 34.8. The molecule has 4 rings (SSSR count). The van der Waals surface area contributed by atoms with Crippen molar-refractivity contribution >= 4 is 11.9 Å². The Morgan fingerprint density at radius 1 is 1.43 bits per heavy atom. The molecular weight excluding hydrogens is 300 g/mol. The van der Waals surface area contributed by atoms with E-state index in [2.05, 4.69) is 0 Å². The van der Waals surface area contributed by atoms with Crippen LogP contribution in [0.4, 0.5) is 0 Å². The highest BCUT2D eigenvalue weighted by atomic mass is 16.7. The van der Waals surface area contributed by atoms with Gasteiger partial charge in [0, 0.05) is 18.1 Å². The molecule has 1 aromatic rings. The fourth-order valence-corrected chi connectivity index (χ4v) is 3.58. The number of hydrogen-bond acceptors (Lipinski definition) is 6. The second-order valence-corrected chi connectivity index (χ2v) is 6.53. The Bertz CT molecular complexity index is 729. The Balaban J connectivity index is 1.85. The van der Waals surface area contributed by atoms with Crippen LogP contribution in [0.1, 0.15) is 55.8 Å². The number of aryl methyl sites for hydroxylation is 1. The molecule has 0 N–H and O–H groups in total. The summed E-state index contributed by atoms with van der Waals surface area (Å²) in [5.41, 5.74) is 1.64. The van der Waals surface area contributed by atoms with E-state index in [4.69, 9.17) is 18.6 Å². The summed E-state index contributed by atoms with van der Waals surface area (Å²) in [7, 11) is 0. The van der Waals surface area contributed by atoms with Crippen LogP contribution < -0.4 is 0 Å². The van der Waals surface area contributed by atoms with E-state index in [1.165, 1.54) is 6.92 Å². The van der Waals surface area contributed by atoms with Crippen molar-refractivity contribution in [3.05, 3.63) is 34.8 Å². The average molecular weight is 318 g/mol. The molecule has 0 saturated carbocycles. The van der Waals surface area contributed by atoms with Crippen LogP contribution in [-0.2, 0) is 23.8 Å². The van der Waals surface area contributed by atoms with Gasteiger partial charge in [0.1, 0.15) is 5.60 Å². The van der Waals surface area contributed by atoms with Crippen molar-refractivity contribution in [2.45, 2.75) is 57.5 Å². The monoisotopic (exact) mass is 318 g/mol.